The summed E-state index contributed by atoms with van der Waals surface area (Å²) in [6.45, 7) is 68.8. The molecule has 0 aliphatic rings. The molecule has 0 radical (unpaired) electrons. The smallest absolute Gasteiger partial charge is 0.217 e. The predicted molar refractivity (Wildman–Crippen MR) is 390 cm³/mol. The van der Waals surface area contributed by atoms with Crippen molar-refractivity contribution < 1.29 is 9.47 Å². The van der Waals surface area contributed by atoms with E-state index in [2.05, 4.69) is 282 Å². The second-order valence-electron chi connectivity index (χ2n) is 31.7. The van der Waals surface area contributed by atoms with E-state index in [1.54, 1.807) is 51.4 Å². The number of methoxy groups -OCH3 is 2. The minimum atomic E-state index is 0.0870. The van der Waals surface area contributed by atoms with Gasteiger partial charge in [-0.1, -0.05) is 178 Å². The largest absolute Gasteiger partial charge is 0.481 e. The zero-order valence-electron chi connectivity index (χ0n) is 63.8. The van der Waals surface area contributed by atoms with Gasteiger partial charge in [0.2, 0.25) is 11.8 Å². The minimum Gasteiger partial charge on any atom is -0.481 e. The summed E-state index contributed by atoms with van der Waals surface area (Å²) in [4.78, 5) is 42.3. The van der Waals surface area contributed by atoms with Crippen LogP contribution in [0.2, 0.25) is 0 Å². The lowest BCUT2D eigenvalue weighted by Crippen LogP contribution is -2.15. The van der Waals surface area contributed by atoms with Crippen molar-refractivity contribution in [3.8, 4) is 11.8 Å². The Labute approximate surface area is 560 Å². The number of hydrogen-bond donors (Lipinski definition) is 0. The molecule has 12 nitrogen and oxygen atoms in total. The normalized spacial score (nSPS) is 11.6. The van der Waals surface area contributed by atoms with Crippen LogP contribution in [0.3, 0.4) is 0 Å². The van der Waals surface area contributed by atoms with E-state index in [-0.39, 0.29) is 43.3 Å². The number of pyridine rings is 6. The van der Waals surface area contributed by atoms with E-state index in [1.165, 1.54) is 67.0 Å². The highest BCUT2D eigenvalue weighted by Gasteiger charge is 2.24. The zero-order chi connectivity index (χ0) is 71.0. The van der Waals surface area contributed by atoms with E-state index in [9.17, 15) is 0 Å². The molecular formula is C80H122N10O2. The van der Waals surface area contributed by atoms with Gasteiger partial charge in [0, 0.05) is 119 Å². The molecule has 0 saturated carbocycles. The summed E-state index contributed by atoms with van der Waals surface area (Å²) in [5.41, 5.74) is 20.5. The molecule has 8 aromatic rings. The lowest BCUT2D eigenvalue weighted by molar-refractivity contribution is 0.379. The highest BCUT2D eigenvalue weighted by molar-refractivity contribution is 5.40. The van der Waals surface area contributed by atoms with Crippen LogP contribution in [0.4, 0.5) is 0 Å². The second-order valence-corrected chi connectivity index (χ2v) is 31.7. The molecule has 0 aliphatic heterocycles. The van der Waals surface area contributed by atoms with Crippen LogP contribution in [0.1, 0.15) is 256 Å². The van der Waals surface area contributed by atoms with Gasteiger partial charge in [-0.05, 0) is 158 Å². The van der Waals surface area contributed by atoms with Crippen molar-refractivity contribution >= 4 is 0 Å². The van der Waals surface area contributed by atoms with Crippen LogP contribution in [0, 0.1) is 55.4 Å². The van der Waals surface area contributed by atoms with Gasteiger partial charge in [0.05, 0.1) is 37.0 Å². The summed E-state index contributed by atoms with van der Waals surface area (Å²) in [5, 5.41) is 0. The Morgan fingerprint density at radius 1 is 0.250 bits per heavy atom. The van der Waals surface area contributed by atoms with E-state index < -0.39 is 0 Å². The van der Waals surface area contributed by atoms with Crippen LogP contribution in [-0.4, -0.2) is 64.1 Å². The number of rotatable bonds is 2. The zero-order valence-corrected chi connectivity index (χ0v) is 63.8. The van der Waals surface area contributed by atoms with Crippen LogP contribution in [0.15, 0.2) is 123 Å². The first kappa shape index (κ1) is 82.7. The van der Waals surface area contributed by atoms with Gasteiger partial charge in [0.15, 0.2) is 0 Å². The summed E-state index contributed by atoms with van der Waals surface area (Å²) in [5.74, 6) is 1.49. The molecule has 0 spiro atoms. The van der Waals surface area contributed by atoms with Crippen molar-refractivity contribution in [3.63, 3.8) is 0 Å². The van der Waals surface area contributed by atoms with Gasteiger partial charge >= 0.3 is 0 Å². The first-order chi connectivity index (χ1) is 42.0. The predicted octanol–water partition coefficient (Wildman–Crippen LogP) is 20.3. The summed E-state index contributed by atoms with van der Waals surface area (Å²) >= 11 is 0. The summed E-state index contributed by atoms with van der Waals surface area (Å²) < 4.78 is 10.5. The molecule has 0 fully saturated rings. The molecule has 0 aromatic carbocycles. The lowest BCUT2D eigenvalue weighted by atomic mass is 9.85. The van der Waals surface area contributed by atoms with Crippen molar-refractivity contribution in [2.45, 2.75) is 265 Å². The average Bonchev–Trinajstić information content (AvgIpc) is 0.958. The first-order valence-electron chi connectivity index (χ1n) is 32.3. The Morgan fingerprint density at radius 2 is 0.522 bits per heavy atom. The minimum absolute atomic E-state index is 0.0870. The number of hydrogen-bond acceptors (Lipinski definition) is 12. The van der Waals surface area contributed by atoms with Gasteiger partial charge in [-0.3, -0.25) is 39.9 Å². The highest BCUT2D eigenvalue weighted by Crippen LogP contribution is 2.34. The van der Waals surface area contributed by atoms with Crippen LogP contribution in [-0.2, 0) is 43.3 Å². The second kappa shape index (κ2) is 35.6. The quantitative estimate of drug-likeness (QED) is 0.162. The van der Waals surface area contributed by atoms with E-state index >= 15 is 0 Å². The van der Waals surface area contributed by atoms with Gasteiger partial charge in [-0.25, -0.2) is 9.97 Å². The molecule has 0 aliphatic carbocycles. The topological polar surface area (TPSA) is 147 Å². The van der Waals surface area contributed by atoms with Gasteiger partial charge in [0.1, 0.15) is 0 Å². The molecule has 0 amide bonds. The molecule has 0 bridgehead atoms. The summed E-state index contributed by atoms with van der Waals surface area (Å²) in [6.07, 6.45) is 21.8. The van der Waals surface area contributed by atoms with Crippen molar-refractivity contribution in [2.24, 2.45) is 0 Å². The van der Waals surface area contributed by atoms with Crippen molar-refractivity contribution in [3.05, 3.63) is 213 Å². The molecule has 0 unspecified atom stereocenters. The third-order valence-electron chi connectivity index (χ3n) is 14.5. The van der Waals surface area contributed by atoms with E-state index in [1.807, 2.05) is 75.3 Å². The van der Waals surface area contributed by atoms with Crippen molar-refractivity contribution in [1.29, 1.82) is 0 Å². The van der Waals surface area contributed by atoms with Crippen molar-refractivity contribution in [2.75, 3.05) is 14.2 Å². The van der Waals surface area contributed by atoms with Gasteiger partial charge < -0.3 is 9.47 Å². The number of ether oxygens (including phenoxy) is 2. The number of aromatic nitrogens is 10. The van der Waals surface area contributed by atoms with Gasteiger partial charge in [0.25, 0.3) is 0 Å². The maximum Gasteiger partial charge on any atom is 0.217 e. The molecule has 8 aromatic heterocycles. The van der Waals surface area contributed by atoms with Gasteiger partial charge in [-0.15, -0.1) is 0 Å². The van der Waals surface area contributed by atoms with Crippen LogP contribution in [0.25, 0.3) is 0 Å². The number of nitrogens with zero attached hydrogens (tertiary/aromatic N) is 10. The first-order valence-corrected chi connectivity index (χ1v) is 32.3. The molecule has 504 valence electrons. The molecule has 8 heterocycles. The maximum absolute atomic E-state index is 5.24. The molecular weight excluding hydrogens is 1130 g/mol. The van der Waals surface area contributed by atoms with Gasteiger partial charge in [-0.2, -0.15) is 0 Å². The van der Waals surface area contributed by atoms with E-state index in [0.29, 0.717) is 0 Å². The fourth-order valence-corrected chi connectivity index (χ4v) is 10.5. The molecule has 0 N–H and O–H groups in total. The fraction of sp³-hybridized carbons (Fsp3) is 0.525. The van der Waals surface area contributed by atoms with E-state index in [4.69, 9.17) is 9.47 Å². The molecule has 0 atom stereocenters. The third-order valence-corrected chi connectivity index (χ3v) is 14.5. The summed E-state index contributed by atoms with van der Waals surface area (Å²) in [7, 11) is 3.33. The Hall–Kier alpha value is -7.34. The highest BCUT2D eigenvalue weighted by atomic mass is 16.5. The van der Waals surface area contributed by atoms with Crippen LogP contribution in [0.5, 0.6) is 11.8 Å². The Balaban J connectivity index is 0.000000526. The monoisotopic (exact) mass is 1250 g/mol. The molecule has 8 rings (SSSR count). The molecule has 92 heavy (non-hydrogen) atoms. The van der Waals surface area contributed by atoms with E-state index in [0.717, 1.165) is 34.5 Å². The average molecular weight is 1260 g/mol. The number of aryl methyl sites for hydroxylation is 8. The Morgan fingerprint density at radius 3 is 0.707 bits per heavy atom. The third kappa shape index (κ3) is 28.7. The maximum atomic E-state index is 5.24. The fourth-order valence-electron chi connectivity index (χ4n) is 10.5. The standard InChI is InChI=1S/2C11H17NO.4C10H15N.2C9H14N2/c2*1-8-6-7-12-10(13-5)9(8)11(2,3)4;2*1-8-5-6-11-7-9(8)10(2,3)4;2*1-8-6-5-7-11-9(8)10(2,3)4;2*1-7-8(9(2,3)4)11-6-5-10-7/h2*6-7H,1-5H3;4*5-7H,1-4H3;2*5-6H,1-4H3. The molecule has 0 saturated heterocycles. The van der Waals surface area contributed by atoms with Crippen molar-refractivity contribution in [1.82, 2.24) is 49.8 Å². The lowest BCUT2D eigenvalue weighted by Gasteiger charge is -2.23. The van der Waals surface area contributed by atoms with Crippen LogP contribution >= 0.6 is 0 Å². The Bertz CT molecular complexity index is 2970. The summed E-state index contributed by atoms with van der Waals surface area (Å²) in [6, 6.07) is 16.3. The van der Waals surface area contributed by atoms with Crippen LogP contribution < -0.4 is 9.47 Å². The SMILES string of the molecule is COc1nccc(C)c1C(C)(C)C.COc1nccc(C)c1C(C)(C)C.Cc1cccnc1C(C)(C)C.Cc1cccnc1C(C)(C)C.Cc1ccncc1C(C)(C)C.Cc1ccncc1C(C)(C)C.Cc1nccnc1C(C)(C)C.Cc1nccnc1C(C)(C)C. The molecule has 12 heteroatoms. The Kier molecular flexibility index (Phi) is 32.0.